The van der Waals surface area contributed by atoms with Crippen LogP contribution in [0.1, 0.15) is 108 Å². The predicted octanol–water partition coefficient (Wildman–Crippen LogP) is 3.24. The Hall–Kier alpha value is -1.50. The van der Waals surface area contributed by atoms with E-state index in [1.165, 1.54) is 14.0 Å². The molecule has 5 N–H and O–H groups in total. The molecule has 0 aliphatic carbocycles. The molecule has 4 saturated heterocycles. The number of nitrogens with zero attached hydrogens (tertiary/aromatic N) is 2. The van der Waals surface area contributed by atoms with E-state index in [-0.39, 0.29) is 37.1 Å². The summed E-state index contributed by atoms with van der Waals surface area (Å²) in [4.78, 5) is 16.6. The van der Waals surface area contributed by atoms with Gasteiger partial charge >= 0.3 is 5.97 Å². The van der Waals surface area contributed by atoms with Crippen LogP contribution in [0.3, 0.4) is 0 Å². The molecule has 0 saturated carbocycles. The second-order valence-electron chi connectivity index (χ2n) is 17.5. The number of carbonyl (C=O) groups is 1. The molecular formula is C40H72N2O13. The summed E-state index contributed by atoms with van der Waals surface area (Å²) in [5, 5.41) is 60.3. The van der Waals surface area contributed by atoms with Crippen LogP contribution in [0.5, 0.6) is 0 Å². The Morgan fingerprint density at radius 2 is 1.49 bits per heavy atom. The highest BCUT2D eigenvalue weighted by molar-refractivity contribution is 5.88. The van der Waals surface area contributed by atoms with Crippen molar-refractivity contribution in [1.82, 2.24) is 4.90 Å². The molecule has 15 nitrogen and oxygen atoms in total. The minimum absolute atomic E-state index is 0.135. The maximum absolute atomic E-state index is 14.3. The first-order chi connectivity index (χ1) is 25.7. The lowest BCUT2D eigenvalue weighted by molar-refractivity contribution is -0.319. The van der Waals surface area contributed by atoms with Gasteiger partial charge in [0.1, 0.15) is 23.9 Å². The Morgan fingerprint density at radius 3 is 2.05 bits per heavy atom. The number of oxime groups is 1. The van der Waals surface area contributed by atoms with Crippen molar-refractivity contribution in [2.75, 3.05) is 27.3 Å². The molecule has 320 valence electrons. The quantitative estimate of drug-likeness (QED) is 0.137. The number of esters is 1. The maximum Gasteiger partial charge on any atom is 0.311 e. The monoisotopic (exact) mass is 789 g/mol. The van der Waals surface area contributed by atoms with Gasteiger partial charge in [0.15, 0.2) is 12.6 Å². The van der Waals surface area contributed by atoms with Gasteiger partial charge in [-0.3, -0.25) is 9.69 Å². The third-order valence-electron chi connectivity index (χ3n) is 13.4. The van der Waals surface area contributed by atoms with Crippen molar-refractivity contribution in [3.63, 3.8) is 0 Å². The van der Waals surface area contributed by atoms with Gasteiger partial charge in [0.2, 0.25) is 0 Å². The number of cyclic esters (lactones) is 1. The Balaban J connectivity index is 1.86. The Labute approximate surface area is 327 Å². The van der Waals surface area contributed by atoms with Gasteiger partial charge in [0, 0.05) is 44.4 Å². The molecule has 15 heteroatoms. The molecule has 0 aromatic carbocycles. The van der Waals surface area contributed by atoms with Crippen molar-refractivity contribution in [2.45, 2.75) is 192 Å². The zero-order valence-electron chi connectivity index (χ0n) is 35.2. The second-order valence-corrected chi connectivity index (χ2v) is 17.5. The lowest BCUT2D eigenvalue weighted by Crippen LogP contribution is -2.61. The number of ether oxygens (including phenoxy) is 7. The third kappa shape index (κ3) is 9.70. The zero-order valence-corrected chi connectivity index (χ0v) is 35.2. The number of carbonyl (C=O) groups excluding carboxylic acids is 1. The molecule has 4 fully saturated rings. The van der Waals surface area contributed by atoms with E-state index in [9.17, 15) is 30.4 Å². The van der Waals surface area contributed by atoms with E-state index in [0.717, 1.165) is 25.9 Å². The van der Waals surface area contributed by atoms with Gasteiger partial charge < -0.3 is 58.8 Å². The number of aliphatic hydroxyl groups is 4. The minimum atomic E-state index is -1.93. The first-order valence-electron chi connectivity index (χ1n) is 20.3. The summed E-state index contributed by atoms with van der Waals surface area (Å²) in [5.41, 5.74) is -3.96. The molecule has 4 aliphatic rings. The SMILES string of the molecule is CC[C@H]1OC(=O)[C@H](C)[C@@H](O[C@H]2C[C@@](C)(OC)[C@@H](O)[C@H](C)O2)[C@H](C)[C@@H](O[C@H]2O[C@@H](C)C[C@@H](N3CCCC3)[C@@H]2O)[C@](C)(OC)C[C@@H](C)C(=NO)[C@H](C)[C@@H](O)[C@]1(C)O. The standard InChI is InChI=1S/C40H72N2O13/c1-13-28-40(10,47)33(44)23(4)30(41-48)21(2)19-39(9,50-12)35(55-37-31(43)27(18-22(3)51-37)42-16-14-15-17-42)24(5)32(25(6)36(46)53-28)54-29-20-38(8,49-11)34(45)26(7)52-29/h21-29,31-35,37,43-45,47-48H,13-20H2,1-12H3/t21-,22+,23+,24+,25-,26+,27-,28-,29+,31+,32+,33-,34+,35-,37-,38-,39-,40-/m1/s1. The van der Waals surface area contributed by atoms with Gasteiger partial charge in [-0.25, -0.2) is 0 Å². The van der Waals surface area contributed by atoms with E-state index >= 15 is 0 Å². The molecule has 0 amide bonds. The number of hydrogen-bond donors (Lipinski definition) is 5. The van der Waals surface area contributed by atoms with Crippen molar-refractivity contribution in [3.05, 3.63) is 0 Å². The van der Waals surface area contributed by atoms with Crippen LogP contribution in [0.4, 0.5) is 0 Å². The smallest absolute Gasteiger partial charge is 0.311 e. The average molecular weight is 789 g/mol. The summed E-state index contributed by atoms with van der Waals surface area (Å²) in [6.45, 7) is 19.3. The highest BCUT2D eigenvalue weighted by Crippen LogP contribution is 2.42. The zero-order chi connectivity index (χ0) is 41.2. The normalized spacial score (nSPS) is 49.4. The summed E-state index contributed by atoms with van der Waals surface area (Å²) in [5.74, 6) is -3.78. The van der Waals surface area contributed by atoms with Crippen LogP contribution >= 0.6 is 0 Å². The van der Waals surface area contributed by atoms with Crippen LogP contribution in [0, 0.1) is 23.7 Å². The van der Waals surface area contributed by atoms with Crippen LogP contribution in [0.2, 0.25) is 0 Å². The fourth-order valence-corrected chi connectivity index (χ4v) is 9.71. The summed E-state index contributed by atoms with van der Waals surface area (Å²) in [7, 11) is 3.06. The second kappa shape index (κ2) is 18.6. The highest BCUT2D eigenvalue weighted by atomic mass is 16.7. The Kier molecular flexibility index (Phi) is 15.6. The first-order valence-corrected chi connectivity index (χ1v) is 20.3. The molecule has 0 aromatic rings. The van der Waals surface area contributed by atoms with E-state index in [2.05, 4.69) is 10.1 Å². The van der Waals surface area contributed by atoms with Gasteiger partial charge in [0.05, 0.1) is 53.4 Å². The minimum Gasteiger partial charge on any atom is -0.459 e. The number of aliphatic hydroxyl groups excluding tert-OH is 3. The number of likely N-dealkylation sites (tertiary alicyclic amines) is 1. The topological polar surface area (TPSA) is 198 Å². The molecule has 4 rings (SSSR count). The van der Waals surface area contributed by atoms with E-state index in [1.54, 1.807) is 41.7 Å². The molecule has 0 bridgehead atoms. The van der Waals surface area contributed by atoms with Crippen molar-refractivity contribution in [2.24, 2.45) is 28.8 Å². The molecule has 0 unspecified atom stereocenters. The lowest BCUT2D eigenvalue weighted by atomic mass is 9.73. The molecule has 0 aromatic heterocycles. The van der Waals surface area contributed by atoms with Crippen LogP contribution in [0.25, 0.3) is 0 Å². The molecule has 0 spiro atoms. The lowest BCUT2D eigenvalue weighted by Gasteiger charge is -2.50. The fourth-order valence-electron chi connectivity index (χ4n) is 9.71. The average Bonchev–Trinajstić information content (AvgIpc) is 3.68. The number of rotatable bonds is 8. The van der Waals surface area contributed by atoms with E-state index in [4.69, 9.17) is 33.2 Å². The molecule has 4 aliphatic heterocycles. The van der Waals surface area contributed by atoms with Gasteiger partial charge in [-0.2, -0.15) is 0 Å². The fraction of sp³-hybridized carbons (Fsp3) is 0.950. The Bertz CT molecular complexity index is 1280. The van der Waals surface area contributed by atoms with Crippen molar-refractivity contribution >= 4 is 11.7 Å². The van der Waals surface area contributed by atoms with E-state index in [0.29, 0.717) is 6.42 Å². The van der Waals surface area contributed by atoms with E-state index in [1.807, 2.05) is 27.7 Å². The first kappa shape index (κ1) is 46.2. The molecule has 0 radical (unpaired) electrons. The summed E-state index contributed by atoms with van der Waals surface area (Å²) in [6, 6.07) is -0.191. The summed E-state index contributed by atoms with van der Waals surface area (Å²) in [6.07, 6.45) is -6.19. The number of methoxy groups -OCH3 is 2. The largest absolute Gasteiger partial charge is 0.459 e. The predicted molar refractivity (Wildman–Crippen MR) is 202 cm³/mol. The van der Waals surface area contributed by atoms with Crippen LogP contribution in [0.15, 0.2) is 5.16 Å². The summed E-state index contributed by atoms with van der Waals surface area (Å²) >= 11 is 0. The van der Waals surface area contributed by atoms with Crippen LogP contribution < -0.4 is 0 Å². The third-order valence-corrected chi connectivity index (χ3v) is 13.4. The van der Waals surface area contributed by atoms with Gasteiger partial charge in [-0.1, -0.05) is 32.9 Å². The Morgan fingerprint density at radius 1 is 0.873 bits per heavy atom. The highest BCUT2D eigenvalue weighted by Gasteiger charge is 2.54. The van der Waals surface area contributed by atoms with Crippen LogP contribution in [-0.4, -0.2) is 154 Å². The van der Waals surface area contributed by atoms with Crippen molar-refractivity contribution in [1.29, 1.82) is 0 Å². The van der Waals surface area contributed by atoms with Crippen LogP contribution in [-0.2, 0) is 38.0 Å². The maximum atomic E-state index is 14.3. The van der Waals surface area contributed by atoms with E-state index < -0.39 is 102 Å². The molecule has 55 heavy (non-hydrogen) atoms. The van der Waals surface area contributed by atoms with Gasteiger partial charge in [0.25, 0.3) is 0 Å². The molecular weight excluding hydrogens is 716 g/mol. The molecule has 4 heterocycles. The van der Waals surface area contributed by atoms with Crippen molar-refractivity contribution < 1.29 is 63.6 Å². The van der Waals surface area contributed by atoms with Crippen molar-refractivity contribution in [3.8, 4) is 0 Å². The molecule has 18 atom stereocenters. The van der Waals surface area contributed by atoms with Gasteiger partial charge in [-0.05, 0) is 86.7 Å². The summed E-state index contributed by atoms with van der Waals surface area (Å²) < 4.78 is 44.5. The number of hydrogen-bond acceptors (Lipinski definition) is 15. The van der Waals surface area contributed by atoms with Gasteiger partial charge in [-0.15, -0.1) is 0 Å².